The van der Waals surface area contributed by atoms with Crippen molar-refractivity contribution in [3.05, 3.63) is 36.7 Å². The zero-order chi connectivity index (χ0) is 15.8. The second-order valence-electron chi connectivity index (χ2n) is 5.48. The zero-order valence-corrected chi connectivity index (χ0v) is 12.9. The summed E-state index contributed by atoms with van der Waals surface area (Å²) in [4.78, 5) is 0. The highest BCUT2D eigenvalue weighted by Gasteiger charge is 2.72. The van der Waals surface area contributed by atoms with E-state index in [1.54, 1.807) is 12.3 Å². The molecule has 21 heavy (non-hydrogen) atoms. The van der Waals surface area contributed by atoms with Gasteiger partial charge in [0.25, 0.3) is 0 Å². The molecule has 5 unspecified atom stereocenters. The van der Waals surface area contributed by atoms with Gasteiger partial charge in [0.05, 0.1) is 5.70 Å². The molecule has 0 aromatic carbocycles. The molecule has 2 bridgehead atoms. The SMILES string of the molecule is C=C(/C=C\N)C(=C)N/[NH+]=C/C1CC2CC1C(F)(Cl)C2(F)Cl. The van der Waals surface area contributed by atoms with Gasteiger partial charge in [0, 0.05) is 17.8 Å². The van der Waals surface area contributed by atoms with E-state index in [4.69, 9.17) is 28.9 Å². The van der Waals surface area contributed by atoms with Crippen molar-refractivity contribution in [1.29, 1.82) is 0 Å². The predicted octanol–water partition coefficient (Wildman–Crippen LogP) is 1.65. The molecular weight excluding hydrogens is 319 g/mol. The lowest BCUT2D eigenvalue weighted by Gasteiger charge is -2.35. The van der Waals surface area contributed by atoms with Crippen molar-refractivity contribution in [1.82, 2.24) is 5.43 Å². The van der Waals surface area contributed by atoms with Gasteiger partial charge in [0.2, 0.25) is 10.3 Å². The van der Waals surface area contributed by atoms with Gasteiger partial charge in [-0.15, -0.1) is 5.10 Å². The zero-order valence-electron chi connectivity index (χ0n) is 11.4. The first-order valence-corrected chi connectivity index (χ1v) is 7.34. The number of nitrogens with two attached hydrogens (primary N) is 1. The van der Waals surface area contributed by atoms with Crippen LogP contribution in [0.25, 0.3) is 0 Å². The maximum absolute atomic E-state index is 14.3. The number of fused-ring (bicyclic) bond motifs is 2. The summed E-state index contributed by atoms with van der Waals surface area (Å²) in [7, 11) is 0. The number of hydrazine groups is 1. The van der Waals surface area contributed by atoms with E-state index >= 15 is 0 Å². The van der Waals surface area contributed by atoms with Crippen molar-refractivity contribution >= 4 is 29.4 Å². The Hall–Kier alpha value is -1.07. The molecule has 7 heteroatoms. The smallest absolute Gasteiger partial charge is 0.234 e. The molecular formula is C14H18Cl2F2N3+. The Morgan fingerprint density at radius 2 is 1.95 bits per heavy atom. The molecule has 0 aromatic rings. The van der Waals surface area contributed by atoms with Crippen LogP contribution in [0.4, 0.5) is 8.78 Å². The molecule has 0 amide bonds. The van der Waals surface area contributed by atoms with Crippen molar-refractivity contribution < 1.29 is 13.9 Å². The normalized spacial score (nSPS) is 42.0. The summed E-state index contributed by atoms with van der Waals surface area (Å²) in [5.41, 5.74) is 9.17. The molecule has 2 fully saturated rings. The minimum Gasteiger partial charge on any atom is -0.405 e. The van der Waals surface area contributed by atoms with E-state index in [1.165, 1.54) is 6.20 Å². The molecule has 4 N–H and O–H groups in total. The quantitative estimate of drug-likeness (QED) is 0.309. The standard InChI is InChI=1S/C14H17Cl2F2N3/c1-8(3-4-19)9(2)21-20-7-10-5-11-6-12(10)14(16,18)13(11,15)17/h3-4,7,10-12,21H,1-2,5-6,19H2/p+1/b4-3-,20-7+. The third-order valence-corrected chi connectivity index (χ3v) is 5.48. The Morgan fingerprint density at radius 1 is 1.29 bits per heavy atom. The van der Waals surface area contributed by atoms with Gasteiger partial charge in [-0.25, -0.2) is 8.78 Å². The second kappa shape index (κ2) is 5.61. The molecule has 2 aliphatic rings. The molecule has 0 heterocycles. The van der Waals surface area contributed by atoms with Crippen LogP contribution >= 0.6 is 23.2 Å². The fourth-order valence-corrected chi connectivity index (χ4v) is 3.74. The van der Waals surface area contributed by atoms with E-state index in [0.717, 1.165) is 0 Å². The molecule has 0 aromatic heterocycles. The summed E-state index contributed by atoms with van der Waals surface area (Å²) in [6.07, 6.45) is 5.38. The van der Waals surface area contributed by atoms with E-state index in [9.17, 15) is 8.78 Å². The third-order valence-electron chi connectivity index (χ3n) is 4.24. The highest BCUT2D eigenvalue weighted by atomic mass is 35.5. The molecule has 5 atom stereocenters. The number of nitrogens with one attached hydrogen (secondary N) is 2. The average Bonchev–Trinajstić information content (AvgIpc) is 2.89. The summed E-state index contributed by atoms with van der Waals surface area (Å²) >= 11 is 11.3. The minimum absolute atomic E-state index is 0.209. The Balaban J connectivity index is 1.96. The van der Waals surface area contributed by atoms with Gasteiger partial charge in [-0.2, -0.15) is 5.43 Å². The lowest BCUT2D eigenvalue weighted by Crippen LogP contribution is -2.80. The Morgan fingerprint density at radius 3 is 2.48 bits per heavy atom. The summed E-state index contributed by atoms with van der Waals surface area (Å²) in [6.45, 7) is 7.50. The molecule has 0 aliphatic heterocycles. The minimum atomic E-state index is -2.54. The number of hydrogen-bond donors (Lipinski definition) is 3. The Labute approximate surface area is 132 Å². The molecule has 2 saturated carbocycles. The maximum Gasteiger partial charge on any atom is 0.234 e. The number of rotatable bonds is 5. The molecule has 116 valence electrons. The van der Waals surface area contributed by atoms with Crippen LogP contribution in [0.5, 0.6) is 0 Å². The molecule has 0 spiro atoms. The van der Waals surface area contributed by atoms with E-state index in [-0.39, 0.29) is 5.92 Å². The number of hydrogen-bond acceptors (Lipinski definition) is 2. The Bertz CT molecular complexity index is 514. The van der Waals surface area contributed by atoms with Crippen LogP contribution in [0.2, 0.25) is 0 Å². The summed E-state index contributed by atoms with van der Waals surface area (Å²) in [6, 6.07) is 0. The van der Waals surface area contributed by atoms with E-state index < -0.39 is 22.1 Å². The summed E-state index contributed by atoms with van der Waals surface area (Å²) in [5, 5.41) is -2.21. The average molecular weight is 337 g/mol. The topological polar surface area (TPSA) is 52.0 Å². The first-order chi connectivity index (χ1) is 9.71. The largest absolute Gasteiger partial charge is 0.405 e. The van der Waals surface area contributed by atoms with Gasteiger partial charge in [-0.1, -0.05) is 36.4 Å². The lowest BCUT2D eigenvalue weighted by atomic mass is 9.86. The van der Waals surface area contributed by atoms with Gasteiger partial charge >= 0.3 is 0 Å². The van der Waals surface area contributed by atoms with E-state index in [1.807, 2.05) is 0 Å². The molecule has 2 rings (SSSR count). The number of hydrazone groups is 1. The molecule has 2 aliphatic carbocycles. The monoisotopic (exact) mass is 336 g/mol. The highest BCUT2D eigenvalue weighted by molar-refractivity contribution is 6.34. The van der Waals surface area contributed by atoms with Gasteiger partial charge in [0.15, 0.2) is 6.21 Å². The van der Waals surface area contributed by atoms with Crippen molar-refractivity contribution in [3.8, 4) is 0 Å². The van der Waals surface area contributed by atoms with Gasteiger partial charge in [-0.05, 0) is 30.7 Å². The van der Waals surface area contributed by atoms with Gasteiger partial charge in [0.1, 0.15) is 0 Å². The maximum atomic E-state index is 14.3. The molecule has 0 saturated heterocycles. The first-order valence-electron chi connectivity index (χ1n) is 6.58. The van der Waals surface area contributed by atoms with Crippen molar-refractivity contribution in [2.45, 2.75) is 23.1 Å². The lowest BCUT2D eigenvalue weighted by molar-refractivity contribution is -0.514. The molecule has 0 radical (unpaired) electrons. The molecule has 3 nitrogen and oxygen atoms in total. The van der Waals surface area contributed by atoms with Crippen LogP contribution in [0.1, 0.15) is 12.8 Å². The van der Waals surface area contributed by atoms with E-state index in [2.05, 4.69) is 23.7 Å². The van der Waals surface area contributed by atoms with Crippen LogP contribution in [0, 0.1) is 17.8 Å². The van der Waals surface area contributed by atoms with Crippen LogP contribution < -0.4 is 16.3 Å². The van der Waals surface area contributed by atoms with Crippen molar-refractivity contribution in [2.75, 3.05) is 0 Å². The van der Waals surface area contributed by atoms with E-state index in [0.29, 0.717) is 24.1 Å². The van der Waals surface area contributed by atoms with Crippen LogP contribution in [-0.2, 0) is 0 Å². The fraction of sp³-hybridized carbons (Fsp3) is 0.500. The van der Waals surface area contributed by atoms with Crippen LogP contribution in [0.3, 0.4) is 0 Å². The van der Waals surface area contributed by atoms with Crippen molar-refractivity contribution in [2.24, 2.45) is 23.5 Å². The first kappa shape index (κ1) is 16.3. The van der Waals surface area contributed by atoms with Gasteiger partial charge in [-0.3, -0.25) is 0 Å². The van der Waals surface area contributed by atoms with Crippen molar-refractivity contribution in [3.63, 3.8) is 0 Å². The summed E-state index contributed by atoms with van der Waals surface area (Å²) in [5.74, 6) is -1.44. The third kappa shape index (κ3) is 2.69. The Kier molecular flexibility index (Phi) is 4.36. The van der Waals surface area contributed by atoms with Gasteiger partial charge < -0.3 is 5.73 Å². The predicted molar refractivity (Wildman–Crippen MR) is 80.9 cm³/mol. The number of halogens is 4. The van der Waals surface area contributed by atoms with Crippen LogP contribution in [0.15, 0.2) is 36.7 Å². The number of allylic oxidation sites excluding steroid dienone is 1. The fourth-order valence-electron chi connectivity index (χ4n) is 3.02. The summed E-state index contributed by atoms with van der Waals surface area (Å²) < 4.78 is 28.3. The highest BCUT2D eigenvalue weighted by Crippen LogP contribution is 2.65. The van der Waals surface area contributed by atoms with Crippen LogP contribution in [-0.4, -0.2) is 16.5 Å². The second-order valence-corrected chi connectivity index (χ2v) is 6.58. The number of alkyl halides is 4.